The van der Waals surface area contributed by atoms with Gasteiger partial charge in [-0.05, 0) is 16.3 Å². The highest BCUT2D eigenvalue weighted by atomic mass is 16.2. The molecule has 0 saturated heterocycles. The van der Waals surface area contributed by atoms with Gasteiger partial charge in [0.2, 0.25) is 5.91 Å². The van der Waals surface area contributed by atoms with Crippen molar-refractivity contribution in [2.75, 3.05) is 13.1 Å². The lowest BCUT2D eigenvalue weighted by molar-refractivity contribution is -0.129. The summed E-state index contributed by atoms with van der Waals surface area (Å²) < 4.78 is 0. The minimum absolute atomic E-state index is 0.0556. The van der Waals surface area contributed by atoms with Crippen LogP contribution in [0, 0.1) is 22.7 Å². The summed E-state index contributed by atoms with van der Waals surface area (Å²) >= 11 is 0. The molecule has 0 unspecified atom stereocenters. The van der Waals surface area contributed by atoms with Crippen molar-refractivity contribution in [1.29, 1.82) is 10.5 Å². The van der Waals surface area contributed by atoms with E-state index in [0.717, 1.165) is 16.3 Å². The number of amides is 1. The third-order valence-corrected chi connectivity index (χ3v) is 3.05. The van der Waals surface area contributed by atoms with Crippen LogP contribution in [-0.2, 0) is 11.2 Å². The van der Waals surface area contributed by atoms with Crippen molar-refractivity contribution in [3.63, 3.8) is 0 Å². The monoisotopic (exact) mass is 263 g/mol. The van der Waals surface area contributed by atoms with Gasteiger partial charge in [-0.1, -0.05) is 42.5 Å². The minimum atomic E-state index is -0.205. The van der Waals surface area contributed by atoms with Crippen molar-refractivity contribution in [1.82, 2.24) is 4.90 Å². The standard InChI is InChI=1S/C16H13N3O/c17-7-9-19(10-8-18)16(20)12-13-5-6-14-3-1-2-4-15(14)11-13/h1-6,11H,9-10,12H2. The molecule has 1 amide bonds. The van der Waals surface area contributed by atoms with E-state index in [1.54, 1.807) is 0 Å². The lowest BCUT2D eigenvalue weighted by Crippen LogP contribution is -2.33. The van der Waals surface area contributed by atoms with E-state index in [1.807, 2.05) is 54.6 Å². The fourth-order valence-electron chi connectivity index (χ4n) is 2.04. The number of hydrogen-bond acceptors (Lipinski definition) is 3. The summed E-state index contributed by atoms with van der Waals surface area (Å²) in [6.07, 6.45) is 0.203. The lowest BCUT2D eigenvalue weighted by Gasteiger charge is -2.15. The molecule has 2 rings (SSSR count). The first-order valence-corrected chi connectivity index (χ1v) is 6.24. The van der Waals surface area contributed by atoms with Crippen molar-refractivity contribution in [3.8, 4) is 12.1 Å². The molecule has 20 heavy (non-hydrogen) atoms. The van der Waals surface area contributed by atoms with Crippen LogP contribution in [0.15, 0.2) is 42.5 Å². The van der Waals surface area contributed by atoms with Crippen LogP contribution in [-0.4, -0.2) is 23.9 Å². The van der Waals surface area contributed by atoms with Crippen molar-refractivity contribution in [3.05, 3.63) is 48.0 Å². The summed E-state index contributed by atoms with van der Waals surface area (Å²) in [5, 5.41) is 19.5. The number of nitriles is 2. The predicted octanol–water partition coefficient (Wildman–Crippen LogP) is 2.26. The number of fused-ring (bicyclic) bond motifs is 1. The topological polar surface area (TPSA) is 67.9 Å². The van der Waals surface area contributed by atoms with Crippen LogP contribution >= 0.6 is 0 Å². The van der Waals surface area contributed by atoms with Crippen LogP contribution in [0.5, 0.6) is 0 Å². The molecule has 0 atom stereocenters. The molecule has 0 aliphatic carbocycles. The van der Waals surface area contributed by atoms with Gasteiger partial charge in [-0.3, -0.25) is 4.79 Å². The van der Waals surface area contributed by atoms with Crippen LogP contribution in [0.4, 0.5) is 0 Å². The summed E-state index contributed by atoms with van der Waals surface area (Å²) in [5.41, 5.74) is 0.884. The number of nitrogens with zero attached hydrogens (tertiary/aromatic N) is 3. The predicted molar refractivity (Wildman–Crippen MR) is 75.5 cm³/mol. The molecule has 2 aromatic rings. The van der Waals surface area contributed by atoms with Gasteiger partial charge < -0.3 is 4.90 Å². The molecule has 0 bridgehead atoms. The third-order valence-electron chi connectivity index (χ3n) is 3.05. The third kappa shape index (κ3) is 3.13. The van der Waals surface area contributed by atoms with Crippen LogP contribution < -0.4 is 0 Å². The summed E-state index contributed by atoms with van der Waals surface area (Å²) in [5.74, 6) is -0.205. The molecule has 0 aliphatic heterocycles. The Balaban J connectivity index is 2.17. The highest BCUT2D eigenvalue weighted by Gasteiger charge is 2.13. The van der Waals surface area contributed by atoms with Crippen LogP contribution in [0.1, 0.15) is 5.56 Å². The van der Waals surface area contributed by atoms with Gasteiger partial charge in [-0.25, -0.2) is 0 Å². The maximum Gasteiger partial charge on any atom is 0.228 e. The van der Waals surface area contributed by atoms with Crippen molar-refractivity contribution in [2.24, 2.45) is 0 Å². The number of carbonyl (C=O) groups is 1. The van der Waals surface area contributed by atoms with E-state index in [4.69, 9.17) is 10.5 Å². The Morgan fingerprint density at radius 1 is 1.00 bits per heavy atom. The van der Waals surface area contributed by atoms with E-state index in [-0.39, 0.29) is 25.4 Å². The molecule has 0 radical (unpaired) electrons. The van der Waals surface area contributed by atoms with E-state index in [9.17, 15) is 4.79 Å². The summed E-state index contributed by atoms with van der Waals surface area (Å²) in [6.45, 7) is -0.111. The maximum atomic E-state index is 12.1. The molecule has 0 N–H and O–H groups in total. The van der Waals surface area contributed by atoms with Crippen molar-refractivity contribution >= 4 is 16.7 Å². The highest BCUT2D eigenvalue weighted by Crippen LogP contribution is 2.16. The number of carbonyl (C=O) groups excluding carboxylic acids is 1. The number of hydrogen-bond donors (Lipinski definition) is 0. The van der Waals surface area contributed by atoms with Gasteiger partial charge >= 0.3 is 0 Å². The Kier molecular flexibility index (Phi) is 4.32. The molecule has 0 aromatic heterocycles. The molecular formula is C16H13N3O. The first-order chi connectivity index (χ1) is 9.74. The summed E-state index contributed by atoms with van der Waals surface area (Å²) in [6, 6.07) is 17.6. The molecule has 0 spiro atoms. The van der Waals surface area contributed by atoms with Gasteiger partial charge in [0.25, 0.3) is 0 Å². The lowest BCUT2D eigenvalue weighted by atomic mass is 10.0. The van der Waals surface area contributed by atoms with Gasteiger partial charge in [-0.2, -0.15) is 10.5 Å². The average molecular weight is 263 g/mol. The molecule has 0 aliphatic rings. The fourth-order valence-corrected chi connectivity index (χ4v) is 2.04. The number of rotatable bonds is 4. The molecule has 0 saturated carbocycles. The van der Waals surface area contributed by atoms with Gasteiger partial charge in [-0.15, -0.1) is 0 Å². The molecule has 4 heteroatoms. The van der Waals surface area contributed by atoms with Crippen LogP contribution in [0.2, 0.25) is 0 Å². The Bertz CT molecular complexity index is 693. The fraction of sp³-hybridized carbons (Fsp3) is 0.188. The Morgan fingerprint density at radius 3 is 2.30 bits per heavy atom. The second-order valence-electron chi connectivity index (χ2n) is 4.42. The quantitative estimate of drug-likeness (QED) is 0.794. The minimum Gasteiger partial charge on any atom is -0.316 e. The normalized spacial score (nSPS) is 9.70. The van der Waals surface area contributed by atoms with E-state index in [2.05, 4.69) is 0 Å². The highest BCUT2D eigenvalue weighted by molar-refractivity contribution is 5.85. The Hall–Kier alpha value is -2.85. The van der Waals surface area contributed by atoms with Crippen LogP contribution in [0.25, 0.3) is 10.8 Å². The smallest absolute Gasteiger partial charge is 0.228 e. The zero-order valence-corrected chi connectivity index (χ0v) is 10.9. The summed E-state index contributed by atoms with van der Waals surface area (Å²) in [4.78, 5) is 13.3. The Morgan fingerprint density at radius 2 is 1.65 bits per heavy atom. The van der Waals surface area contributed by atoms with E-state index in [1.165, 1.54) is 4.90 Å². The summed E-state index contributed by atoms with van der Waals surface area (Å²) in [7, 11) is 0. The molecular weight excluding hydrogens is 250 g/mol. The zero-order chi connectivity index (χ0) is 14.4. The first kappa shape index (κ1) is 13.6. The van der Waals surface area contributed by atoms with Gasteiger partial charge in [0.05, 0.1) is 18.6 Å². The second-order valence-corrected chi connectivity index (χ2v) is 4.42. The Labute approximate surface area is 117 Å². The second kappa shape index (κ2) is 6.36. The van der Waals surface area contributed by atoms with Gasteiger partial charge in [0, 0.05) is 0 Å². The largest absolute Gasteiger partial charge is 0.316 e. The first-order valence-electron chi connectivity index (χ1n) is 6.24. The molecule has 4 nitrogen and oxygen atoms in total. The molecule has 0 fully saturated rings. The number of benzene rings is 2. The SMILES string of the molecule is N#CCN(CC#N)C(=O)Cc1ccc2ccccc2c1. The molecule has 0 heterocycles. The van der Waals surface area contributed by atoms with E-state index in [0.29, 0.717) is 0 Å². The van der Waals surface area contributed by atoms with Crippen molar-refractivity contribution in [2.45, 2.75) is 6.42 Å². The zero-order valence-electron chi connectivity index (χ0n) is 10.9. The molecule has 2 aromatic carbocycles. The van der Waals surface area contributed by atoms with E-state index >= 15 is 0 Å². The van der Waals surface area contributed by atoms with Gasteiger partial charge in [0.1, 0.15) is 13.1 Å². The maximum absolute atomic E-state index is 12.1. The average Bonchev–Trinajstić information content (AvgIpc) is 2.47. The van der Waals surface area contributed by atoms with Gasteiger partial charge in [0.15, 0.2) is 0 Å². The molecule has 98 valence electrons. The van der Waals surface area contributed by atoms with Crippen LogP contribution in [0.3, 0.4) is 0 Å². The van der Waals surface area contributed by atoms with Crippen molar-refractivity contribution < 1.29 is 4.79 Å². The van der Waals surface area contributed by atoms with E-state index < -0.39 is 0 Å².